The van der Waals surface area contributed by atoms with E-state index in [-0.39, 0.29) is 0 Å². The maximum absolute atomic E-state index is 5.17. The second kappa shape index (κ2) is 13.5. The minimum Gasteiger partial charge on any atom is -0.208 e. The molecule has 0 aliphatic carbocycles. The van der Waals surface area contributed by atoms with Crippen LogP contribution in [0.4, 0.5) is 0 Å². The van der Waals surface area contributed by atoms with Crippen molar-refractivity contribution in [2.45, 2.75) is 0 Å². The van der Waals surface area contributed by atoms with Gasteiger partial charge in [0.2, 0.25) is 0 Å². The molecule has 11 aromatic rings. The second-order valence-electron chi connectivity index (χ2n) is 14.0. The van der Waals surface area contributed by atoms with Gasteiger partial charge in [-0.3, -0.25) is 0 Å². The van der Waals surface area contributed by atoms with Crippen LogP contribution in [0.2, 0.25) is 0 Å². The van der Waals surface area contributed by atoms with Gasteiger partial charge in [0.25, 0.3) is 0 Å². The van der Waals surface area contributed by atoms with E-state index < -0.39 is 0 Å². The molecule has 0 aliphatic rings. The van der Waals surface area contributed by atoms with Gasteiger partial charge in [-0.1, -0.05) is 146 Å². The van der Waals surface area contributed by atoms with E-state index in [2.05, 4.69) is 182 Å². The van der Waals surface area contributed by atoms with Gasteiger partial charge in [0.15, 0.2) is 17.5 Å². The molecule has 0 radical (unpaired) electrons. The van der Waals surface area contributed by atoms with Gasteiger partial charge in [0.05, 0.1) is 0 Å². The molecule has 3 nitrogen and oxygen atoms in total. The quantitative estimate of drug-likeness (QED) is 0.170. The maximum atomic E-state index is 5.17. The van der Waals surface area contributed by atoms with E-state index in [1.54, 1.807) is 0 Å². The standard InChI is InChI=1S/C51H31N3S2/c1-2-11-32(12-3-1)35-13-8-15-38(29-35)50-52-49(34-25-23-33(24-26-34)36-27-28-46-43(31-36)41-17-4-6-20-44(41)55-46)53-51(54-50)39-16-9-14-37(30-39)40-19-10-22-47-48(40)42-18-5-7-21-45(42)56-47/h1-31H. The Morgan fingerprint density at radius 1 is 0.268 bits per heavy atom. The van der Waals surface area contributed by atoms with Crippen LogP contribution in [0, 0.1) is 0 Å². The first-order valence-electron chi connectivity index (χ1n) is 18.7. The van der Waals surface area contributed by atoms with Crippen LogP contribution in [0.5, 0.6) is 0 Å². The van der Waals surface area contributed by atoms with Crippen LogP contribution < -0.4 is 0 Å². The largest absolute Gasteiger partial charge is 0.208 e. The molecule has 0 aliphatic heterocycles. The zero-order chi connectivity index (χ0) is 37.0. The van der Waals surface area contributed by atoms with E-state index in [9.17, 15) is 0 Å². The van der Waals surface area contributed by atoms with E-state index in [0.29, 0.717) is 17.5 Å². The number of benzene rings is 8. The Bertz CT molecular complexity index is 3250. The van der Waals surface area contributed by atoms with Crippen molar-refractivity contribution < 1.29 is 0 Å². The lowest BCUT2D eigenvalue weighted by atomic mass is 9.98. The van der Waals surface area contributed by atoms with Crippen molar-refractivity contribution in [1.82, 2.24) is 15.0 Å². The minimum absolute atomic E-state index is 0.636. The zero-order valence-corrected chi connectivity index (χ0v) is 31.7. The summed E-state index contributed by atoms with van der Waals surface area (Å²) in [6, 6.07) is 66.8. The molecule has 0 fully saturated rings. The van der Waals surface area contributed by atoms with E-state index in [1.807, 2.05) is 28.7 Å². The molecule has 0 saturated heterocycles. The number of nitrogens with zero attached hydrogens (tertiary/aromatic N) is 3. The maximum Gasteiger partial charge on any atom is 0.164 e. The second-order valence-corrected chi connectivity index (χ2v) is 16.2. The number of hydrogen-bond acceptors (Lipinski definition) is 5. The van der Waals surface area contributed by atoms with Crippen LogP contribution in [0.25, 0.3) is 108 Å². The molecule has 0 N–H and O–H groups in total. The zero-order valence-electron chi connectivity index (χ0n) is 30.1. The van der Waals surface area contributed by atoms with Crippen molar-refractivity contribution in [3.63, 3.8) is 0 Å². The lowest BCUT2D eigenvalue weighted by molar-refractivity contribution is 1.07. The van der Waals surface area contributed by atoms with Gasteiger partial charge in [-0.25, -0.2) is 15.0 Å². The first kappa shape index (κ1) is 32.6. The van der Waals surface area contributed by atoms with Gasteiger partial charge in [0, 0.05) is 57.0 Å². The highest BCUT2D eigenvalue weighted by atomic mass is 32.1. The highest BCUT2D eigenvalue weighted by molar-refractivity contribution is 7.26. The molecule has 0 bridgehead atoms. The Morgan fingerprint density at radius 2 is 0.732 bits per heavy atom. The normalized spacial score (nSPS) is 11.6. The Kier molecular flexibility index (Phi) is 7.87. The molecule has 0 amide bonds. The first-order valence-corrected chi connectivity index (χ1v) is 20.3. The van der Waals surface area contributed by atoms with E-state index in [1.165, 1.54) is 51.5 Å². The van der Waals surface area contributed by atoms with Crippen molar-refractivity contribution in [3.05, 3.63) is 188 Å². The highest BCUT2D eigenvalue weighted by Crippen LogP contribution is 2.41. The molecule has 3 heterocycles. The molecule has 0 spiro atoms. The summed E-state index contributed by atoms with van der Waals surface area (Å²) in [7, 11) is 0. The van der Waals surface area contributed by atoms with E-state index in [0.717, 1.165) is 38.9 Å². The monoisotopic (exact) mass is 749 g/mol. The number of fused-ring (bicyclic) bond motifs is 6. The smallest absolute Gasteiger partial charge is 0.164 e. The Hall–Kier alpha value is -6.79. The molecule has 3 aromatic heterocycles. The molecule has 5 heteroatoms. The highest BCUT2D eigenvalue weighted by Gasteiger charge is 2.16. The minimum atomic E-state index is 0.636. The summed E-state index contributed by atoms with van der Waals surface area (Å²) in [6.07, 6.45) is 0. The van der Waals surface area contributed by atoms with Gasteiger partial charge in [0.1, 0.15) is 0 Å². The van der Waals surface area contributed by atoms with Gasteiger partial charge in [-0.2, -0.15) is 0 Å². The molecule has 8 aromatic carbocycles. The van der Waals surface area contributed by atoms with E-state index >= 15 is 0 Å². The summed E-state index contributed by atoms with van der Waals surface area (Å²) in [6.45, 7) is 0. The molecule has 0 unspecified atom stereocenters. The lowest BCUT2D eigenvalue weighted by Crippen LogP contribution is -2.00. The molecule has 11 rings (SSSR count). The molecule has 56 heavy (non-hydrogen) atoms. The van der Waals surface area contributed by atoms with Crippen molar-refractivity contribution in [2.24, 2.45) is 0 Å². The van der Waals surface area contributed by atoms with Crippen LogP contribution in [0.15, 0.2) is 188 Å². The number of hydrogen-bond donors (Lipinski definition) is 0. The number of rotatable bonds is 6. The third-order valence-corrected chi connectivity index (χ3v) is 12.8. The topological polar surface area (TPSA) is 38.7 Å². The summed E-state index contributed by atoms with van der Waals surface area (Å²) in [5.41, 5.74) is 9.75. The Labute approximate surface area is 331 Å². The summed E-state index contributed by atoms with van der Waals surface area (Å²) >= 11 is 3.68. The fourth-order valence-electron chi connectivity index (χ4n) is 7.79. The summed E-state index contributed by atoms with van der Waals surface area (Å²) in [4.78, 5) is 15.5. The van der Waals surface area contributed by atoms with Gasteiger partial charge in [-0.15, -0.1) is 22.7 Å². The number of thiophene rings is 2. The van der Waals surface area contributed by atoms with Crippen LogP contribution in [0.1, 0.15) is 0 Å². The SMILES string of the molecule is c1ccc(-c2cccc(-c3nc(-c4ccc(-c5ccc6sc7ccccc7c6c5)cc4)nc(-c4cccc(-c5cccc6sc7ccccc7c56)c4)n3)c2)cc1. The van der Waals surface area contributed by atoms with Crippen LogP contribution in [0.3, 0.4) is 0 Å². The van der Waals surface area contributed by atoms with Crippen molar-refractivity contribution in [3.8, 4) is 67.5 Å². The third kappa shape index (κ3) is 5.77. The fraction of sp³-hybridized carbons (Fsp3) is 0. The molecule has 262 valence electrons. The summed E-state index contributed by atoms with van der Waals surface area (Å²) in [5, 5.41) is 5.16. The lowest BCUT2D eigenvalue weighted by Gasteiger charge is -2.11. The molecular weight excluding hydrogens is 719 g/mol. The predicted octanol–water partition coefficient (Wildman–Crippen LogP) is 14.6. The third-order valence-electron chi connectivity index (χ3n) is 10.6. The molecule has 0 saturated carbocycles. The van der Waals surface area contributed by atoms with Crippen molar-refractivity contribution in [2.75, 3.05) is 0 Å². The van der Waals surface area contributed by atoms with Gasteiger partial charge in [-0.05, 0) is 75.8 Å². The summed E-state index contributed by atoms with van der Waals surface area (Å²) < 4.78 is 5.19. The molecular formula is C51H31N3S2. The fourth-order valence-corrected chi connectivity index (χ4v) is 10.0. The van der Waals surface area contributed by atoms with Crippen molar-refractivity contribution >= 4 is 63.0 Å². The molecule has 0 atom stereocenters. The van der Waals surface area contributed by atoms with Crippen LogP contribution >= 0.6 is 22.7 Å². The van der Waals surface area contributed by atoms with E-state index in [4.69, 9.17) is 15.0 Å². The van der Waals surface area contributed by atoms with Gasteiger partial charge >= 0.3 is 0 Å². The average Bonchev–Trinajstić information content (AvgIpc) is 3.85. The Balaban J connectivity index is 1.03. The van der Waals surface area contributed by atoms with Crippen LogP contribution in [-0.4, -0.2) is 15.0 Å². The first-order chi connectivity index (χ1) is 27.7. The van der Waals surface area contributed by atoms with Gasteiger partial charge < -0.3 is 0 Å². The Morgan fingerprint density at radius 3 is 1.50 bits per heavy atom. The number of aromatic nitrogens is 3. The predicted molar refractivity (Wildman–Crippen MR) is 238 cm³/mol. The summed E-state index contributed by atoms with van der Waals surface area (Å²) in [5.74, 6) is 1.91. The van der Waals surface area contributed by atoms with Crippen LogP contribution in [-0.2, 0) is 0 Å². The van der Waals surface area contributed by atoms with Crippen molar-refractivity contribution in [1.29, 1.82) is 0 Å². The average molecular weight is 750 g/mol.